The molecule has 0 N–H and O–H groups in total. The third-order valence-corrected chi connectivity index (χ3v) is 11.8. The van der Waals surface area contributed by atoms with Gasteiger partial charge in [0.1, 0.15) is 5.69 Å². The van der Waals surface area contributed by atoms with Gasteiger partial charge in [-0.1, -0.05) is 47.6 Å². The van der Waals surface area contributed by atoms with Crippen molar-refractivity contribution in [2.45, 2.75) is 58.2 Å². The molecule has 0 saturated carbocycles. The molecule has 2 aromatic heterocycles. The average molecular weight is 329 g/mol. The van der Waals surface area contributed by atoms with Crippen molar-refractivity contribution in [3.63, 3.8) is 0 Å². The lowest BCUT2D eigenvalue weighted by Crippen LogP contribution is -2.51. The fourth-order valence-corrected chi connectivity index (χ4v) is 10.8. The molecule has 0 aliphatic carbocycles. The molecule has 23 heavy (non-hydrogen) atoms. The SMILES string of the molecule is CC(C)[Si](C(C)C)(C(C)C)n1ccc(C(=O)c2ccccn2)c1. The Bertz CT molecular complexity index is 637. The zero-order chi connectivity index (χ0) is 17.2. The zero-order valence-corrected chi connectivity index (χ0v) is 16.1. The number of ketones is 1. The second-order valence-electron chi connectivity index (χ2n) is 7.20. The lowest BCUT2D eigenvalue weighted by Gasteiger charge is -2.44. The van der Waals surface area contributed by atoms with E-state index in [2.05, 4.69) is 63.2 Å². The third kappa shape index (κ3) is 3.04. The van der Waals surface area contributed by atoms with E-state index in [1.54, 1.807) is 12.3 Å². The van der Waals surface area contributed by atoms with Crippen LogP contribution in [-0.4, -0.2) is 23.2 Å². The number of carbonyl (C=O) groups is 1. The third-order valence-electron chi connectivity index (χ3n) is 5.07. The summed E-state index contributed by atoms with van der Waals surface area (Å²) in [7, 11) is -1.79. The molecule has 3 nitrogen and oxygen atoms in total. The standard InChI is InChI=1S/C19H28N2OSi/c1-14(2)23(15(3)4,16(5)6)21-12-10-17(13-21)19(22)18-9-7-8-11-20-18/h7-16H,1-6H3. The smallest absolute Gasteiger partial charge is 0.212 e. The lowest BCUT2D eigenvalue weighted by molar-refractivity contribution is 0.103. The highest BCUT2D eigenvalue weighted by molar-refractivity contribution is 6.82. The van der Waals surface area contributed by atoms with Crippen LogP contribution < -0.4 is 0 Å². The number of pyridine rings is 1. The van der Waals surface area contributed by atoms with Crippen LogP contribution in [0.4, 0.5) is 0 Å². The van der Waals surface area contributed by atoms with E-state index < -0.39 is 8.24 Å². The summed E-state index contributed by atoms with van der Waals surface area (Å²) < 4.78 is 2.39. The average Bonchev–Trinajstić information content (AvgIpc) is 2.96. The summed E-state index contributed by atoms with van der Waals surface area (Å²) in [5, 5.41) is 0. The zero-order valence-electron chi connectivity index (χ0n) is 15.1. The van der Waals surface area contributed by atoms with E-state index in [-0.39, 0.29) is 5.78 Å². The quantitative estimate of drug-likeness (QED) is 0.544. The van der Waals surface area contributed by atoms with Crippen LogP contribution in [0.5, 0.6) is 0 Å². The van der Waals surface area contributed by atoms with Gasteiger partial charge in [0.25, 0.3) is 0 Å². The van der Waals surface area contributed by atoms with Crippen LogP contribution in [0.2, 0.25) is 16.6 Å². The minimum absolute atomic E-state index is 0.00326. The van der Waals surface area contributed by atoms with Crippen LogP contribution in [0.3, 0.4) is 0 Å². The summed E-state index contributed by atoms with van der Waals surface area (Å²) in [6, 6.07) is 7.41. The molecule has 2 heterocycles. The number of hydrogen-bond donors (Lipinski definition) is 0. The van der Waals surface area contributed by atoms with Crippen LogP contribution >= 0.6 is 0 Å². The molecule has 124 valence electrons. The summed E-state index contributed by atoms with van der Waals surface area (Å²) in [5.74, 6) is 0.00326. The minimum atomic E-state index is -1.79. The Kier molecular flexibility index (Phi) is 5.25. The van der Waals surface area contributed by atoms with Crippen LogP contribution in [0.1, 0.15) is 57.6 Å². The van der Waals surface area contributed by atoms with Gasteiger partial charge in [0, 0.05) is 18.0 Å². The van der Waals surface area contributed by atoms with Crippen molar-refractivity contribution in [2.75, 3.05) is 0 Å². The molecule has 4 heteroatoms. The number of nitrogens with zero attached hydrogens (tertiary/aromatic N) is 2. The van der Waals surface area contributed by atoms with Crippen LogP contribution in [0.15, 0.2) is 42.9 Å². The molecule has 0 aliphatic rings. The highest BCUT2D eigenvalue weighted by atomic mass is 28.3. The highest BCUT2D eigenvalue weighted by Crippen LogP contribution is 2.42. The van der Waals surface area contributed by atoms with Gasteiger partial charge in [-0.15, -0.1) is 0 Å². The van der Waals surface area contributed by atoms with Gasteiger partial charge in [-0.2, -0.15) is 0 Å². The summed E-state index contributed by atoms with van der Waals surface area (Å²) in [6.07, 6.45) is 5.84. The fraction of sp³-hybridized carbons (Fsp3) is 0.474. The molecule has 0 unspecified atom stereocenters. The Morgan fingerprint density at radius 2 is 1.61 bits per heavy atom. The van der Waals surface area contributed by atoms with Gasteiger partial charge in [-0.05, 0) is 41.0 Å². The van der Waals surface area contributed by atoms with Crippen molar-refractivity contribution in [3.05, 3.63) is 54.1 Å². The van der Waals surface area contributed by atoms with E-state index in [1.807, 2.05) is 18.2 Å². The summed E-state index contributed by atoms with van der Waals surface area (Å²) >= 11 is 0. The molecule has 0 fully saturated rings. The van der Waals surface area contributed by atoms with E-state index in [0.717, 1.165) is 5.56 Å². The van der Waals surface area contributed by atoms with E-state index in [0.29, 0.717) is 22.3 Å². The van der Waals surface area contributed by atoms with Crippen molar-refractivity contribution in [1.29, 1.82) is 0 Å². The van der Waals surface area contributed by atoms with Crippen LogP contribution in [0, 0.1) is 0 Å². The maximum Gasteiger partial charge on any atom is 0.212 e. The first-order chi connectivity index (χ1) is 10.8. The molecule has 0 amide bonds. The number of rotatable bonds is 6. The Morgan fingerprint density at radius 3 is 2.09 bits per heavy atom. The molecule has 0 aromatic carbocycles. The Hall–Kier alpha value is -1.68. The molecular weight excluding hydrogens is 300 g/mol. The molecule has 2 aromatic rings. The monoisotopic (exact) mass is 328 g/mol. The van der Waals surface area contributed by atoms with Crippen LogP contribution in [0.25, 0.3) is 0 Å². The van der Waals surface area contributed by atoms with Gasteiger partial charge in [0.2, 0.25) is 5.78 Å². The lowest BCUT2D eigenvalue weighted by atomic mass is 10.1. The highest BCUT2D eigenvalue weighted by Gasteiger charge is 2.45. The molecule has 2 rings (SSSR count). The summed E-state index contributed by atoms with van der Waals surface area (Å²) in [5.41, 5.74) is 3.06. The molecule has 0 bridgehead atoms. The fourth-order valence-electron chi connectivity index (χ4n) is 4.31. The number of carbonyl (C=O) groups excluding carboxylic acids is 1. The first kappa shape index (κ1) is 17.7. The predicted octanol–water partition coefficient (Wildman–Crippen LogP) is 5.14. The van der Waals surface area contributed by atoms with Crippen molar-refractivity contribution < 1.29 is 4.79 Å². The largest absolute Gasteiger partial charge is 0.379 e. The molecule has 0 spiro atoms. The first-order valence-electron chi connectivity index (χ1n) is 8.46. The summed E-state index contributed by atoms with van der Waals surface area (Å²) in [4.78, 5) is 16.8. The van der Waals surface area contributed by atoms with E-state index in [1.165, 1.54) is 0 Å². The van der Waals surface area contributed by atoms with Crippen molar-refractivity contribution in [2.24, 2.45) is 0 Å². The maximum absolute atomic E-state index is 12.6. The Labute approximate surface area is 140 Å². The van der Waals surface area contributed by atoms with Gasteiger partial charge < -0.3 is 4.23 Å². The maximum atomic E-state index is 12.6. The normalized spacial score (nSPS) is 12.4. The molecule has 0 aliphatic heterocycles. The molecule has 0 atom stereocenters. The van der Waals surface area contributed by atoms with Gasteiger partial charge in [-0.3, -0.25) is 9.78 Å². The van der Waals surface area contributed by atoms with E-state index in [4.69, 9.17) is 0 Å². The topological polar surface area (TPSA) is 34.9 Å². The van der Waals surface area contributed by atoms with Crippen molar-refractivity contribution >= 4 is 14.0 Å². The van der Waals surface area contributed by atoms with Crippen molar-refractivity contribution in [3.8, 4) is 0 Å². The minimum Gasteiger partial charge on any atom is -0.379 e. The van der Waals surface area contributed by atoms with Gasteiger partial charge in [0.05, 0.1) is 0 Å². The molecule has 0 saturated heterocycles. The predicted molar refractivity (Wildman–Crippen MR) is 98.5 cm³/mol. The Balaban J connectivity index is 2.46. The second kappa shape index (κ2) is 6.83. The van der Waals surface area contributed by atoms with Gasteiger partial charge >= 0.3 is 0 Å². The number of aromatic nitrogens is 2. The van der Waals surface area contributed by atoms with Gasteiger partial charge in [-0.25, -0.2) is 0 Å². The number of hydrogen-bond acceptors (Lipinski definition) is 2. The summed E-state index contributed by atoms with van der Waals surface area (Å²) in [6.45, 7) is 14.0. The first-order valence-corrected chi connectivity index (χ1v) is 10.6. The van der Waals surface area contributed by atoms with Crippen molar-refractivity contribution in [1.82, 2.24) is 9.22 Å². The van der Waals surface area contributed by atoms with Crippen LogP contribution in [-0.2, 0) is 0 Å². The second-order valence-corrected chi connectivity index (χ2v) is 13.0. The van der Waals surface area contributed by atoms with Gasteiger partial charge in [0.15, 0.2) is 8.24 Å². The molecule has 0 radical (unpaired) electrons. The van der Waals surface area contributed by atoms with E-state index >= 15 is 0 Å². The Morgan fingerprint density at radius 1 is 1.00 bits per heavy atom. The van der Waals surface area contributed by atoms with E-state index in [9.17, 15) is 4.79 Å². The molecular formula is C19H28N2OSi.